The third-order valence-corrected chi connectivity index (χ3v) is 3.55. The molecule has 0 spiro atoms. The van der Waals surface area contributed by atoms with Gasteiger partial charge in [0.15, 0.2) is 0 Å². The molecule has 14 heavy (non-hydrogen) atoms. The quantitative estimate of drug-likeness (QED) is 0.745. The van der Waals surface area contributed by atoms with Crippen molar-refractivity contribution in [2.45, 2.75) is 31.0 Å². The molecule has 1 aromatic carbocycles. The first-order valence-corrected chi connectivity index (χ1v) is 6.12. The number of fused-ring (bicyclic) bond motifs is 1. The highest BCUT2D eigenvalue weighted by atomic mass is 79.9. The molecular formula is C12H15BrO. The van der Waals surface area contributed by atoms with Crippen molar-refractivity contribution in [2.75, 3.05) is 6.61 Å². The monoisotopic (exact) mass is 254 g/mol. The van der Waals surface area contributed by atoms with E-state index >= 15 is 0 Å². The van der Waals surface area contributed by atoms with Crippen LogP contribution >= 0.6 is 15.9 Å². The topological polar surface area (TPSA) is 9.23 Å². The van der Waals surface area contributed by atoms with E-state index in [0.29, 0.717) is 4.83 Å². The highest BCUT2D eigenvalue weighted by Crippen LogP contribution is 2.39. The maximum absolute atomic E-state index is 5.61. The fraction of sp³-hybridized carbons (Fsp3) is 0.500. The van der Waals surface area contributed by atoms with Gasteiger partial charge in [-0.25, -0.2) is 0 Å². The SMILES string of the molecule is CCCOc1ccc2c(c1)C(Br)CC2. The van der Waals surface area contributed by atoms with Gasteiger partial charge < -0.3 is 4.74 Å². The summed E-state index contributed by atoms with van der Waals surface area (Å²) in [7, 11) is 0. The number of halogens is 1. The number of hydrogen-bond donors (Lipinski definition) is 0. The van der Waals surface area contributed by atoms with Crippen LogP contribution < -0.4 is 4.74 Å². The van der Waals surface area contributed by atoms with Crippen molar-refractivity contribution in [1.82, 2.24) is 0 Å². The van der Waals surface area contributed by atoms with Gasteiger partial charge in [0.1, 0.15) is 5.75 Å². The molecule has 1 aromatic rings. The van der Waals surface area contributed by atoms with Crippen LogP contribution in [0.2, 0.25) is 0 Å². The van der Waals surface area contributed by atoms with Crippen LogP contribution in [-0.2, 0) is 6.42 Å². The molecule has 0 amide bonds. The second-order valence-corrected chi connectivity index (χ2v) is 4.82. The predicted molar refractivity (Wildman–Crippen MR) is 62.2 cm³/mol. The Morgan fingerprint density at radius 2 is 2.36 bits per heavy atom. The van der Waals surface area contributed by atoms with Gasteiger partial charge in [0, 0.05) is 4.83 Å². The molecule has 1 aliphatic carbocycles. The summed E-state index contributed by atoms with van der Waals surface area (Å²) in [5.41, 5.74) is 2.88. The van der Waals surface area contributed by atoms with Crippen LogP contribution in [0.1, 0.15) is 35.7 Å². The lowest BCUT2D eigenvalue weighted by Gasteiger charge is -2.08. The van der Waals surface area contributed by atoms with E-state index in [2.05, 4.69) is 41.1 Å². The average molecular weight is 255 g/mol. The Balaban J connectivity index is 2.17. The summed E-state index contributed by atoms with van der Waals surface area (Å²) in [6.45, 7) is 2.94. The standard InChI is InChI=1S/C12H15BrO/c1-2-7-14-10-5-3-9-4-6-12(13)11(9)8-10/h3,5,8,12H,2,4,6-7H2,1H3. The number of rotatable bonds is 3. The lowest BCUT2D eigenvalue weighted by atomic mass is 10.1. The largest absolute Gasteiger partial charge is 0.494 e. The number of ether oxygens (including phenoxy) is 1. The van der Waals surface area contributed by atoms with Crippen LogP contribution in [0, 0.1) is 0 Å². The van der Waals surface area contributed by atoms with E-state index in [1.54, 1.807) is 0 Å². The van der Waals surface area contributed by atoms with Crippen molar-refractivity contribution < 1.29 is 4.74 Å². The molecule has 0 radical (unpaired) electrons. The van der Waals surface area contributed by atoms with Gasteiger partial charge in [-0.15, -0.1) is 0 Å². The zero-order valence-electron chi connectivity index (χ0n) is 8.42. The van der Waals surface area contributed by atoms with Gasteiger partial charge in [-0.1, -0.05) is 28.9 Å². The van der Waals surface area contributed by atoms with Crippen LogP contribution in [-0.4, -0.2) is 6.61 Å². The molecule has 0 saturated heterocycles. The molecule has 0 aliphatic heterocycles. The summed E-state index contributed by atoms with van der Waals surface area (Å²) in [5.74, 6) is 1.01. The summed E-state index contributed by atoms with van der Waals surface area (Å²) >= 11 is 3.68. The minimum atomic E-state index is 0.530. The first-order valence-electron chi connectivity index (χ1n) is 5.21. The first kappa shape index (κ1) is 10.0. The smallest absolute Gasteiger partial charge is 0.119 e. The van der Waals surface area contributed by atoms with E-state index in [4.69, 9.17) is 4.74 Å². The third-order valence-electron chi connectivity index (χ3n) is 2.59. The highest BCUT2D eigenvalue weighted by Gasteiger charge is 2.19. The first-order chi connectivity index (χ1) is 6.81. The van der Waals surface area contributed by atoms with E-state index in [-0.39, 0.29) is 0 Å². The Morgan fingerprint density at radius 3 is 3.14 bits per heavy atom. The van der Waals surface area contributed by atoms with E-state index in [1.807, 2.05) is 0 Å². The molecule has 2 heteroatoms. The van der Waals surface area contributed by atoms with Crippen molar-refractivity contribution in [3.05, 3.63) is 29.3 Å². The molecular weight excluding hydrogens is 240 g/mol. The Hall–Kier alpha value is -0.500. The van der Waals surface area contributed by atoms with E-state index in [1.165, 1.54) is 24.0 Å². The number of benzene rings is 1. The van der Waals surface area contributed by atoms with Crippen LogP contribution in [0.4, 0.5) is 0 Å². The van der Waals surface area contributed by atoms with Crippen molar-refractivity contribution >= 4 is 15.9 Å². The van der Waals surface area contributed by atoms with Gasteiger partial charge in [0.05, 0.1) is 6.61 Å². The van der Waals surface area contributed by atoms with Crippen molar-refractivity contribution in [2.24, 2.45) is 0 Å². The average Bonchev–Trinajstić information content (AvgIpc) is 2.57. The van der Waals surface area contributed by atoms with E-state index < -0.39 is 0 Å². The highest BCUT2D eigenvalue weighted by molar-refractivity contribution is 9.09. The summed E-state index contributed by atoms with van der Waals surface area (Å²) in [4.78, 5) is 0.530. The molecule has 1 nitrogen and oxygen atoms in total. The fourth-order valence-electron chi connectivity index (χ4n) is 1.84. The van der Waals surface area contributed by atoms with Crippen molar-refractivity contribution in [1.29, 1.82) is 0 Å². The fourth-order valence-corrected chi connectivity index (χ4v) is 2.49. The normalized spacial score (nSPS) is 19.4. The van der Waals surface area contributed by atoms with Gasteiger partial charge in [0.25, 0.3) is 0 Å². The van der Waals surface area contributed by atoms with Gasteiger partial charge in [0.2, 0.25) is 0 Å². The maximum atomic E-state index is 5.61. The zero-order valence-corrected chi connectivity index (χ0v) is 10.0. The summed E-state index contributed by atoms with van der Waals surface area (Å²) in [5, 5.41) is 0. The van der Waals surface area contributed by atoms with Crippen LogP contribution in [0.3, 0.4) is 0 Å². The Bertz CT molecular complexity index is 322. The van der Waals surface area contributed by atoms with Crippen molar-refractivity contribution in [3.8, 4) is 5.75 Å². The number of aryl methyl sites for hydroxylation is 1. The van der Waals surface area contributed by atoms with Crippen LogP contribution in [0.25, 0.3) is 0 Å². The van der Waals surface area contributed by atoms with Gasteiger partial charge >= 0.3 is 0 Å². The third kappa shape index (κ3) is 1.95. The zero-order chi connectivity index (χ0) is 9.97. The summed E-state index contributed by atoms with van der Waals surface area (Å²) in [6.07, 6.45) is 3.47. The molecule has 1 aliphatic rings. The Kier molecular flexibility index (Phi) is 3.12. The minimum absolute atomic E-state index is 0.530. The predicted octanol–water partition coefficient (Wildman–Crippen LogP) is 3.86. The van der Waals surface area contributed by atoms with Crippen LogP contribution in [0.5, 0.6) is 5.75 Å². The molecule has 0 heterocycles. The summed E-state index contributed by atoms with van der Waals surface area (Å²) in [6, 6.07) is 6.46. The van der Waals surface area contributed by atoms with Gasteiger partial charge in [-0.05, 0) is 42.5 Å². The second kappa shape index (κ2) is 4.35. The molecule has 2 rings (SSSR count). The minimum Gasteiger partial charge on any atom is -0.494 e. The molecule has 1 unspecified atom stereocenters. The Morgan fingerprint density at radius 1 is 1.50 bits per heavy atom. The van der Waals surface area contributed by atoms with Crippen LogP contribution in [0.15, 0.2) is 18.2 Å². The van der Waals surface area contributed by atoms with Gasteiger partial charge in [-0.2, -0.15) is 0 Å². The lowest BCUT2D eigenvalue weighted by Crippen LogP contribution is -1.96. The molecule has 0 fully saturated rings. The van der Waals surface area contributed by atoms with Crippen molar-refractivity contribution in [3.63, 3.8) is 0 Å². The van der Waals surface area contributed by atoms with E-state index in [9.17, 15) is 0 Å². The maximum Gasteiger partial charge on any atom is 0.119 e. The molecule has 0 bridgehead atoms. The molecule has 0 N–H and O–H groups in total. The number of hydrogen-bond acceptors (Lipinski definition) is 1. The summed E-state index contributed by atoms with van der Waals surface area (Å²) < 4.78 is 5.61. The second-order valence-electron chi connectivity index (χ2n) is 3.72. The molecule has 0 aromatic heterocycles. The number of alkyl halides is 1. The molecule has 1 atom stereocenters. The van der Waals surface area contributed by atoms with E-state index in [0.717, 1.165) is 18.8 Å². The van der Waals surface area contributed by atoms with Gasteiger partial charge in [-0.3, -0.25) is 0 Å². The molecule has 76 valence electrons. The Labute approximate surface area is 93.6 Å². The molecule has 0 saturated carbocycles. The lowest BCUT2D eigenvalue weighted by molar-refractivity contribution is 0.317.